The average Bonchev–Trinajstić information content (AvgIpc) is 2.46. The van der Waals surface area contributed by atoms with Gasteiger partial charge < -0.3 is 15.5 Å². The van der Waals surface area contributed by atoms with E-state index >= 15 is 0 Å². The summed E-state index contributed by atoms with van der Waals surface area (Å²) in [6, 6.07) is 4.80. The summed E-state index contributed by atoms with van der Waals surface area (Å²) in [6.45, 7) is 0.553. The first kappa shape index (κ1) is 15.3. The number of carbonyl (C=O) groups excluding carboxylic acids is 1. The van der Waals surface area contributed by atoms with Crippen LogP contribution in [0.15, 0.2) is 22.7 Å². The van der Waals surface area contributed by atoms with Crippen molar-refractivity contribution in [1.29, 1.82) is 0 Å². The first-order chi connectivity index (χ1) is 9.56. The molecule has 4 nitrogen and oxygen atoms in total. The van der Waals surface area contributed by atoms with Crippen molar-refractivity contribution in [3.63, 3.8) is 0 Å². The van der Waals surface area contributed by atoms with Crippen LogP contribution in [0.2, 0.25) is 0 Å². The van der Waals surface area contributed by atoms with Crippen LogP contribution in [0.3, 0.4) is 0 Å². The highest BCUT2D eigenvalue weighted by Gasteiger charge is 2.31. The van der Waals surface area contributed by atoms with E-state index in [9.17, 15) is 15.0 Å². The van der Waals surface area contributed by atoms with Crippen LogP contribution >= 0.6 is 15.9 Å². The number of amides is 1. The second-order valence-corrected chi connectivity index (χ2v) is 6.48. The maximum atomic E-state index is 12.1. The number of benzene rings is 1. The second-order valence-electron chi connectivity index (χ2n) is 5.56. The predicted molar refractivity (Wildman–Crippen MR) is 80.7 cm³/mol. The monoisotopic (exact) mass is 341 g/mol. The lowest BCUT2D eigenvalue weighted by molar-refractivity contribution is 0.0717. The van der Waals surface area contributed by atoms with Crippen molar-refractivity contribution in [2.75, 3.05) is 13.2 Å². The van der Waals surface area contributed by atoms with Gasteiger partial charge in [-0.2, -0.15) is 0 Å². The highest BCUT2D eigenvalue weighted by atomic mass is 79.9. The molecule has 0 aromatic heterocycles. The van der Waals surface area contributed by atoms with Crippen LogP contribution in [0.25, 0.3) is 0 Å². The minimum absolute atomic E-state index is 0.0430. The molecule has 1 aliphatic carbocycles. The van der Waals surface area contributed by atoms with Crippen LogP contribution in [0.4, 0.5) is 0 Å². The molecule has 1 aromatic carbocycles. The molecule has 20 heavy (non-hydrogen) atoms. The smallest absolute Gasteiger partial charge is 0.255 e. The molecule has 2 rings (SSSR count). The maximum Gasteiger partial charge on any atom is 0.255 e. The summed E-state index contributed by atoms with van der Waals surface area (Å²) >= 11 is 3.24. The van der Waals surface area contributed by atoms with Gasteiger partial charge in [-0.1, -0.05) is 35.2 Å². The summed E-state index contributed by atoms with van der Waals surface area (Å²) in [4.78, 5) is 12.1. The molecule has 0 saturated heterocycles. The van der Waals surface area contributed by atoms with Crippen molar-refractivity contribution < 1.29 is 15.0 Å². The molecule has 1 aromatic rings. The normalized spacial score (nSPS) is 17.7. The Morgan fingerprint density at radius 2 is 2.00 bits per heavy atom. The molecule has 3 N–H and O–H groups in total. The van der Waals surface area contributed by atoms with E-state index in [1.807, 2.05) is 0 Å². The van der Waals surface area contributed by atoms with Gasteiger partial charge in [-0.15, -0.1) is 0 Å². The Morgan fingerprint density at radius 1 is 1.30 bits per heavy atom. The fourth-order valence-corrected chi connectivity index (χ4v) is 3.10. The number of hydrogen-bond acceptors (Lipinski definition) is 3. The minimum atomic E-state index is -0.298. The van der Waals surface area contributed by atoms with Crippen molar-refractivity contribution in [2.24, 2.45) is 5.41 Å². The molecule has 1 aliphatic rings. The van der Waals surface area contributed by atoms with Crippen molar-refractivity contribution in [1.82, 2.24) is 5.32 Å². The number of aromatic hydroxyl groups is 1. The van der Waals surface area contributed by atoms with E-state index in [0.717, 1.165) is 30.2 Å². The number of nitrogens with one attached hydrogen (secondary N) is 1. The van der Waals surface area contributed by atoms with Crippen LogP contribution in [0, 0.1) is 5.41 Å². The van der Waals surface area contributed by atoms with E-state index in [0.29, 0.717) is 6.54 Å². The summed E-state index contributed by atoms with van der Waals surface area (Å²) in [5, 5.41) is 22.2. The number of phenols is 1. The summed E-state index contributed by atoms with van der Waals surface area (Å²) in [6.07, 6.45) is 5.27. The van der Waals surface area contributed by atoms with Crippen LogP contribution in [0.1, 0.15) is 42.5 Å². The van der Waals surface area contributed by atoms with Gasteiger partial charge in [0.25, 0.3) is 5.91 Å². The van der Waals surface area contributed by atoms with Gasteiger partial charge in [0.05, 0.1) is 12.2 Å². The Balaban J connectivity index is 2.00. The van der Waals surface area contributed by atoms with E-state index < -0.39 is 0 Å². The molecule has 1 saturated carbocycles. The molecule has 1 amide bonds. The summed E-state index contributed by atoms with van der Waals surface area (Å²) in [7, 11) is 0. The fourth-order valence-electron chi connectivity index (χ4n) is 2.75. The third-order valence-electron chi connectivity index (χ3n) is 4.08. The zero-order chi connectivity index (χ0) is 14.6. The molecular formula is C15H20BrNO3. The summed E-state index contributed by atoms with van der Waals surface area (Å²) in [5.74, 6) is -0.341. The third-order valence-corrected chi connectivity index (χ3v) is 4.57. The van der Waals surface area contributed by atoms with E-state index in [1.165, 1.54) is 12.5 Å². The number of aliphatic hydroxyl groups is 1. The van der Waals surface area contributed by atoms with Gasteiger partial charge in [0, 0.05) is 16.4 Å². The Bertz CT molecular complexity index is 484. The second kappa shape index (κ2) is 6.59. The van der Waals surface area contributed by atoms with E-state index in [2.05, 4.69) is 21.2 Å². The lowest BCUT2D eigenvalue weighted by Crippen LogP contribution is -2.41. The van der Waals surface area contributed by atoms with E-state index in [1.54, 1.807) is 12.1 Å². The Kier molecular flexibility index (Phi) is 5.05. The molecule has 0 bridgehead atoms. The van der Waals surface area contributed by atoms with Gasteiger partial charge in [0.1, 0.15) is 5.75 Å². The standard InChI is InChI=1S/C15H20BrNO3/c16-11-4-5-12(13(19)8-11)14(20)17-9-15(10-18)6-2-1-3-7-15/h4-5,8,18-19H,1-3,6-7,9-10H2,(H,17,20). The largest absolute Gasteiger partial charge is 0.507 e. The average molecular weight is 342 g/mol. The molecule has 0 spiro atoms. The number of hydrogen-bond donors (Lipinski definition) is 3. The Hall–Kier alpha value is -1.07. The quantitative estimate of drug-likeness (QED) is 0.788. The van der Waals surface area contributed by atoms with Gasteiger partial charge in [-0.05, 0) is 31.0 Å². The van der Waals surface area contributed by atoms with Crippen LogP contribution in [-0.2, 0) is 0 Å². The van der Waals surface area contributed by atoms with Crippen molar-refractivity contribution >= 4 is 21.8 Å². The zero-order valence-electron chi connectivity index (χ0n) is 11.4. The molecule has 110 valence electrons. The number of carbonyl (C=O) groups is 1. The Labute approximate surface area is 127 Å². The summed E-state index contributed by atoms with van der Waals surface area (Å²) < 4.78 is 0.727. The highest BCUT2D eigenvalue weighted by molar-refractivity contribution is 9.10. The molecule has 0 atom stereocenters. The van der Waals surface area contributed by atoms with Crippen molar-refractivity contribution in [3.05, 3.63) is 28.2 Å². The first-order valence-corrected chi connectivity index (χ1v) is 7.73. The maximum absolute atomic E-state index is 12.1. The highest BCUT2D eigenvalue weighted by Crippen LogP contribution is 2.35. The van der Waals surface area contributed by atoms with Crippen molar-refractivity contribution in [3.8, 4) is 5.75 Å². The molecule has 1 fully saturated rings. The van der Waals surface area contributed by atoms with E-state index in [4.69, 9.17) is 0 Å². The zero-order valence-corrected chi connectivity index (χ0v) is 12.9. The first-order valence-electron chi connectivity index (χ1n) is 6.94. The van der Waals surface area contributed by atoms with Crippen molar-refractivity contribution in [2.45, 2.75) is 32.1 Å². The molecule has 0 radical (unpaired) electrons. The lowest BCUT2D eigenvalue weighted by atomic mass is 9.74. The Morgan fingerprint density at radius 3 is 2.60 bits per heavy atom. The van der Waals surface area contributed by atoms with Crippen LogP contribution in [-0.4, -0.2) is 29.3 Å². The molecule has 5 heteroatoms. The lowest BCUT2D eigenvalue weighted by Gasteiger charge is -2.35. The van der Waals surface area contributed by atoms with Gasteiger partial charge in [-0.25, -0.2) is 0 Å². The minimum Gasteiger partial charge on any atom is -0.507 e. The molecule has 0 heterocycles. The topological polar surface area (TPSA) is 69.6 Å². The van der Waals surface area contributed by atoms with Crippen LogP contribution in [0.5, 0.6) is 5.75 Å². The summed E-state index contributed by atoms with van der Waals surface area (Å²) in [5.41, 5.74) is 0.0657. The number of phenolic OH excluding ortho intramolecular Hbond substituents is 1. The van der Waals surface area contributed by atoms with Crippen LogP contribution < -0.4 is 5.32 Å². The van der Waals surface area contributed by atoms with Gasteiger partial charge in [0.15, 0.2) is 0 Å². The fraction of sp³-hybridized carbons (Fsp3) is 0.533. The number of rotatable bonds is 4. The molecule has 0 unspecified atom stereocenters. The predicted octanol–water partition coefficient (Wildman–Crippen LogP) is 2.83. The number of halogens is 1. The van der Waals surface area contributed by atoms with Gasteiger partial charge in [-0.3, -0.25) is 4.79 Å². The van der Waals surface area contributed by atoms with Gasteiger partial charge in [0.2, 0.25) is 0 Å². The molecular weight excluding hydrogens is 322 g/mol. The molecule has 0 aliphatic heterocycles. The SMILES string of the molecule is O=C(NCC1(CO)CCCCC1)c1ccc(Br)cc1O. The van der Waals surface area contributed by atoms with Gasteiger partial charge >= 0.3 is 0 Å². The van der Waals surface area contributed by atoms with E-state index in [-0.39, 0.29) is 29.2 Å². The third kappa shape index (κ3) is 3.52. The number of aliphatic hydroxyl groups excluding tert-OH is 1.